The standard InChI is InChI=1S/C13H19NO2/c1-10(14)12-6-2-3-7-13(12)16-11-5-4-8-15-9-11/h2-3,6-7,10-11H,4-5,8-9,14H2,1H3/t10-,11?/m1/s1. The van der Waals surface area contributed by atoms with Crippen LogP contribution in [0.15, 0.2) is 24.3 Å². The van der Waals surface area contributed by atoms with Gasteiger partial charge in [0, 0.05) is 18.2 Å². The molecule has 2 N–H and O–H groups in total. The van der Waals surface area contributed by atoms with E-state index in [-0.39, 0.29) is 12.1 Å². The van der Waals surface area contributed by atoms with Gasteiger partial charge in [-0.1, -0.05) is 18.2 Å². The lowest BCUT2D eigenvalue weighted by atomic mass is 10.1. The molecule has 0 radical (unpaired) electrons. The van der Waals surface area contributed by atoms with Crippen LogP contribution in [0.3, 0.4) is 0 Å². The Balaban J connectivity index is 2.07. The second-order valence-electron chi connectivity index (χ2n) is 4.28. The second-order valence-corrected chi connectivity index (χ2v) is 4.28. The molecule has 1 heterocycles. The number of para-hydroxylation sites is 1. The average Bonchev–Trinajstić information content (AvgIpc) is 2.31. The Labute approximate surface area is 96.5 Å². The molecule has 0 aromatic heterocycles. The number of hydrogen-bond acceptors (Lipinski definition) is 3. The number of hydrogen-bond donors (Lipinski definition) is 1. The van der Waals surface area contributed by atoms with Crippen LogP contribution >= 0.6 is 0 Å². The van der Waals surface area contributed by atoms with Gasteiger partial charge in [-0.2, -0.15) is 0 Å². The van der Waals surface area contributed by atoms with Crippen LogP contribution in [0.1, 0.15) is 31.4 Å². The molecule has 1 aromatic rings. The predicted octanol–water partition coefficient (Wildman–Crippen LogP) is 2.26. The summed E-state index contributed by atoms with van der Waals surface area (Å²) in [4.78, 5) is 0. The smallest absolute Gasteiger partial charge is 0.124 e. The molecule has 0 bridgehead atoms. The minimum atomic E-state index is 0.000656. The maximum absolute atomic E-state index is 5.94. The van der Waals surface area contributed by atoms with Crippen molar-refractivity contribution in [1.82, 2.24) is 0 Å². The SMILES string of the molecule is C[C@@H](N)c1ccccc1OC1CCCOC1. The van der Waals surface area contributed by atoms with Crippen LogP contribution in [0, 0.1) is 0 Å². The Hall–Kier alpha value is -1.06. The zero-order chi connectivity index (χ0) is 11.4. The molecule has 0 saturated carbocycles. The van der Waals surface area contributed by atoms with Gasteiger partial charge in [-0.25, -0.2) is 0 Å². The van der Waals surface area contributed by atoms with E-state index in [2.05, 4.69) is 0 Å². The maximum Gasteiger partial charge on any atom is 0.124 e. The lowest BCUT2D eigenvalue weighted by Gasteiger charge is -2.25. The average molecular weight is 221 g/mol. The topological polar surface area (TPSA) is 44.5 Å². The van der Waals surface area contributed by atoms with Crippen molar-refractivity contribution < 1.29 is 9.47 Å². The molecule has 1 aliphatic rings. The normalized spacial score (nSPS) is 22.8. The zero-order valence-electron chi connectivity index (χ0n) is 9.69. The number of rotatable bonds is 3. The summed E-state index contributed by atoms with van der Waals surface area (Å²) >= 11 is 0. The van der Waals surface area contributed by atoms with Crippen molar-refractivity contribution in [3.63, 3.8) is 0 Å². The molecule has 1 aliphatic heterocycles. The van der Waals surface area contributed by atoms with Gasteiger partial charge in [0.15, 0.2) is 0 Å². The highest BCUT2D eigenvalue weighted by Crippen LogP contribution is 2.25. The molecule has 3 heteroatoms. The van der Waals surface area contributed by atoms with Crippen molar-refractivity contribution in [2.75, 3.05) is 13.2 Å². The van der Waals surface area contributed by atoms with E-state index in [4.69, 9.17) is 15.2 Å². The number of nitrogens with two attached hydrogens (primary N) is 1. The summed E-state index contributed by atoms with van der Waals surface area (Å²) in [5, 5.41) is 0. The number of benzene rings is 1. The van der Waals surface area contributed by atoms with Gasteiger partial charge in [-0.15, -0.1) is 0 Å². The maximum atomic E-state index is 5.94. The molecule has 16 heavy (non-hydrogen) atoms. The van der Waals surface area contributed by atoms with Crippen LogP contribution in [-0.2, 0) is 4.74 Å². The van der Waals surface area contributed by atoms with Crippen LogP contribution < -0.4 is 10.5 Å². The third-order valence-electron chi connectivity index (χ3n) is 2.82. The zero-order valence-corrected chi connectivity index (χ0v) is 9.69. The van der Waals surface area contributed by atoms with Crippen molar-refractivity contribution in [3.8, 4) is 5.75 Å². The fourth-order valence-electron chi connectivity index (χ4n) is 1.95. The largest absolute Gasteiger partial charge is 0.488 e. The van der Waals surface area contributed by atoms with Gasteiger partial charge in [0.25, 0.3) is 0 Å². The Morgan fingerprint density at radius 2 is 2.25 bits per heavy atom. The minimum Gasteiger partial charge on any atom is -0.488 e. The summed E-state index contributed by atoms with van der Waals surface area (Å²) in [5.74, 6) is 0.896. The van der Waals surface area contributed by atoms with E-state index >= 15 is 0 Å². The van der Waals surface area contributed by atoms with Crippen LogP contribution in [-0.4, -0.2) is 19.3 Å². The minimum absolute atomic E-state index is 0.000656. The van der Waals surface area contributed by atoms with Crippen molar-refractivity contribution in [3.05, 3.63) is 29.8 Å². The van der Waals surface area contributed by atoms with Crippen LogP contribution in [0.4, 0.5) is 0 Å². The summed E-state index contributed by atoms with van der Waals surface area (Å²) in [7, 11) is 0. The first-order chi connectivity index (χ1) is 7.77. The van der Waals surface area contributed by atoms with E-state index in [1.807, 2.05) is 31.2 Å². The Morgan fingerprint density at radius 3 is 2.94 bits per heavy atom. The third-order valence-corrected chi connectivity index (χ3v) is 2.82. The summed E-state index contributed by atoms with van der Waals surface area (Å²) in [6.07, 6.45) is 2.31. The first-order valence-corrected chi connectivity index (χ1v) is 5.86. The van der Waals surface area contributed by atoms with Gasteiger partial charge >= 0.3 is 0 Å². The molecule has 2 rings (SSSR count). The second kappa shape index (κ2) is 5.32. The molecule has 1 unspecified atom stereocenters. The fourth-order valence-corrected chi connectivity index (χ4v) is 1.95. The van der Waals surface area contributed by atoms with E-state index in [0.29, 0.717) is 6.61 Å². The van der Waals surface area contributed by atoms with Crippen LogP contribution in [0.25, 0.3) is 0 Å². The monoisotopic (exact) mass is 221 g/mol. The van der Waals surface area contributed by atoms with E-state index in [1.54, 1.807) is 0 Å². The summed E-state index contributed by atoms with van der Waals surface area (Å²) in [6, 6.07) is 7.96. The molecule has 0 spiro atoms. The van der Waals surface area contributed by atoms with Crippen molar-refractivity contribution >= 4 is 0 Å². The molecule has 0 amide bonds. The summed E-state index contributed by atoms with van der Waals surface area (Å²) in [5.41, 5.74) is 6.97. The lowest BCUT2D eigenvalue weighted by molar-refractivity contribution is 0.00694. The summed E-state index contributed by atoms with van der Waals surface area (Å²) < 4.78 is 11.3. The van der Waals surface area contributed by atoms with Gasteiger partial charge in [-0.3, -0.25) is 0 Å². The van der Waals surface area contributed by atoms with E-state index in [1.165, 1.54) is 0 Å². The van der Waals surface area contributed by atoms with Gasteiger partial charge in [0.2, 0.25) is 0 Å². The fraction of sp³-hybridized carbons (Fsp3) is 0.538. The molecular weight excluding hydrogens is 202 g/mol. The predicted molar refractivity (Wildman–Crippen MR) is 63.5 cm³/mol. The lowest BCUT2D eigenvalue weighted by Crippen LogP contribution is -2.28. The third kappa shape index (κ3) is 2.74. The van der Waals surface area contributed by atoms with Gasteiger partial charge in [-0.05, 0) is 25.8 Å². The molecule has 3 nitrogen and oxygen atoms in total. The molecule has 1 fully saturated rings. The Kier molecular flexibility index (Phi) is 3.80. The Bertz CT molecular complexity index is 332. The van der Waals surface area contributed by atoms with Gasteiger partial charge in [0.1, 0.15) is 11.9 Å². The molecular formula is C13H19NO2. The van der Waals surface area contributed by atoms with E-state index in [9.17, 15) is 0 Å². The van der Waals surface area contributed by atoms with E-state index < -0.39 is 0 Å². The molecule has 0 aliphatic carbocycles. The van der Waals surface area contributed by atoms with E-state index in [0.717, 1.165) is 30.8 Å². The van der Waals surface area contributed by atoms with Crippen molar-refractivity contribution in [2.45, 2.75) is 31.9 Å². The highest BCUT2D eigenvalue weighted by molar-refractivity contribution is 5.35. The highest BCUT2D eigenvalue weighted by atomic mass is 16.5. The van der Waals surface area contributed by atoms with Crippen molar-refractivity contribution in [2.24, 2.45) is 5.73 Å². The van der Waals surface area contributed by atoms with Crippen molar-refractivity contribution in [1.29, 1.82) is 0 Å². The number of ether oxygens (including phenoxy) is 2. The molecule has 1 aromatic carbocycles. The van der Waals surface area contributed by atoms with Gasteiger partial charge in [0.05, 0.1) is 6.61 Å². The Morgan fingerprint density at radius 1 is 1.44 bits per heavy atom. The molecule has 1 saturated heterocycles. The van der Waals surface area contributed by atoms with Gasteiger partial charge < -0.3 is 15.2 Å². The quantitative estimate of drug-likeness (QED) is 0.851. The van der Waals surface area contributed by atoms with Crippen LogP contribution in [0.5, 0.6) is 5.75 Å². The summed E-state index contributed by atoms with van der Waals surface area (Å²) in [6.45, 7) is 3.52. The highest BCUT2D eigenvalue weighted by Gasteiger charge is 2.17. The molecule has 2 atom stereocenters. The molecule has 88 valence electrons. The van der Waals surface area contributed by atoms with Crippen LogP contribution in [0.2, 0.25) is 0 Å². The first kappa shape index (κ1) is 11.4. The first-order valence-electron chi connectivity index (χ1n) is 5.86.